The fourth-order valence-corrected chi connectivity index (χ4v) is 2.04. The van der Waals surface area contributed by atoms with Crippen LogP contribution < -0.4 is 10.5 Å². The van der Waals surface area contributed by atoms with Crippen LogP contribution in [0.25, 0.3) is 11.1 Å². The van der Waals surface area contributed by atoms with Gasteiger partial charge < -0.3 is 10.5 Å². The summed E-state index contributed by atoms with van der Waals surface area (Å²) in [6.45, 7) is 2.08. The van der Waals surface area contributed by atoms with E-state index in [0.717, 1.165) is 22.6 Å². The molecule has 2 nitrogen and oxygen atoms in total. The van der Waals surface area contributed by atoms with Crippen LogP contribution in [0.1, 0.15) is 18.4 Å². The number of rotatable bonds is 3. The SMILES string of the molecule is Cc1ccc(N)c(-c2cccc(OC3CC3)c2)c1. The third-order valence-corrected chi connectivity index (χ3v) is 3.18. The van der Waals surface area contributed by atoms with Crippen molar-refractivity contribution in [2.75, 3.05) is 5.73 Å². The summed E-state index contributed by atoms with van der Waals surface area (Å²) in [6, 6.07) is 14.3. The molecular formula is C16H17NO. The summed E-state index contributed by atoms with van der Waals surface area (Å²) in [5.41, 5.74) is 10.3. The van der Waals surface area contributed by atoms with Crippen molar-refractivity contribution in [1.29, 1.82) is 0 Å². The van der Waals surface area contributed by atoms with Crippen molar-refractivity contribution in [2.45, 2.75) is 25.9 Å². The van der Waals surface area contributed by atoms with Gasteiger partial charge in [-0.15, -0.1) is 0 Å². The van der Waals surface area contributed by atoms with Crippen LogP contribution in [0.4, 0.5) is 5.69 Å². The molecule has 3 rings (SSSR count). The van der Waals surface area contributed by atoms with Gasteiger partial charge in [-0.05, 0) is 49.6 Å². The van der Waals surface area contributed by atoms with Gasteiger partial charge in [-0.2, -0.15) is 0 Å². The number of nitrogen functional groups attached to an aromatic ring is 1. The molecule has 1 fully saturated rings. The van der Waals surface area contributed by atoms with Crippen LogP contribution >= 0.6 is 0 Å². The minimum absolute atomic E-state index is 0.426. The van der Waals surface area contributed by atoms with Crippen molar-refractivity contribution in [1.82, 2.24) is 0 Å². The van der Waals surface area contributed by atoms with Crippen LogP contribution in [-0.2, 0) is 0 Å². The predicted molar refractivity (Wildman–Crippen MR) is 74.7 cm³/mol. The zero-order valence-corrected chi connectivity index (χ0v) is 10.5. The third kappa shape index (κ3) is 2.33. The van der Waals surface area contributed by atoms with Gasteiger partial charge in [0.15, 0.2) is 0 Å². The second kappa shape index (κ2) is 4.37. The summed E-state index contributed by atoms with van der Waals surface area (Å²) in [5, 5.41) is 0. The average molecular weight is 239 g/mol. The summed E-state index contributed by atoms with van der Waals surface area (Å²) in [6.07, 6.45) is 2.78. The molecule has 2 N–H and O–H groups in total. The Hall–Kier alpha value is -1.96. The molecule has 1 aliphatic carbocycles. The maximum absolute atomic E-state index is 6.04. The first-order valence-electron chi connectivity index (χ1n) is 6.35. The predicted octanol–water partition coefficient (Wildman–Crippen LogP) is 3.79. The lowest BCUT2D eigenvalue weighted by Gasteiger charge is -2.10. The van der Waals surface area contributed by atoms with Crippen molar-refractivity contribution in [3.05, 3.63) is 48.0 Å². The molecule has 0 aromatic heterocycles. The molecule has 0 saturated heterocycles. The fraction of sp³-hybridized carbons (Fsp3) is 0.250. The molecule has 2 aromatic carbocycles. The molecule has 2 heteroatoms. The molecule has 0 unspecified atom stereocenters. The number of nitrogens with two attached hydrogens (primary N) is 1. The molecule has 18 heavy (non-hydrogen) atoms. The lowest BCUT2D eigenvalue weighted by molar-refractivity contribution is 0.303. The van der Waals surface area contributed by atoms with Gasteiger partial charge in [-0.25, -0.2) is 0 Å². The molecule has 92 valence electrons. The third-order valence-electron chi connectivity index (χ3n) is 3.18. The van der Waals surface area contributed by atoms with Crippen molar-refractivity contribution >= 4 is 5.69 Å². The van der Waals surface area contributed by atoms with Crippen LogP contribution in [0.5, 0.6) is 5.75 Å². The van der Waals surface area contributed by atoms with Crippen LogP contribution in [0.2, 0.25) is 0 Å². The van der Waals surface area contributed by atoms with Crippen LogP contribution in [0, 0.1) is 6.92 Å². The number of hydrogen-bond donors (Lipinski definition) is 1. The topological polar surface area (TPSA) is 35.2 Å². The van der Waals surface area contributed by atoms with E-state index in [9.17, 15) is 0 Å². The highest BCUT2D eigenvalue weighted by atomic mass is 16.5. The van der Waals surface area contributed by atoms with Crippen molar-refractivity contribution < 1.29 is 4.74 Å². The van der Waals surface area contributed by atoms with Crippen molar-refractivity contribution in [3.63, 3.8) is 0 Å². The molecular weight excluding hydrogens is 222 g/mol. The highest BCUT2D eigenvalue weighted by molar-refractivity contribution is 5.77. The molecule has 0 heterocycles. The van der Waals surface area contributed by atoms with E-state index in [2.05, 4.69) is 25.1 Å². The monoisotopic (exact) mass is 239 g/mol. The van der Waals surface area contributed by atoms with E-state index in [1.807, 2.05) is 24.3 Å². The number of ether oxygens (including phenoxy) is 1. The second-order valence-electron chi connectivity index (χ2n) is 4.94. The molecule has 0 aliphatic heterocycles. The number of benzene rings is 2. The van der Waals surface area contributed by atoms with E-state index in [4.69, 9.17) is 10.5 Å². The van der Waals surface area contributed by atoms with E-state index in [-0.39, 0.29) is 0 Å². The fourth-order valence-electron chi connectivity index (χ4n) is 2.04. The average Bonchev–Trinajstić information content (AvgIpc) is 3.16. The first-order chi connectivity index (χ1) is 8.72. The van der Waals surface area contributed by atoms with E-state index in [0.29, 0.717) is 6.10 Å². The lowest BCUT2D eigenvalue weighted by Crippen LogP contribution is -1.96. The summed E-state index contributed by atoms with van der Waals surface area (Å²) >= 11 is 0. The van der Waals surface area contributed by atoms with Gasteiger partial charge in [0.2, 0.25) is 0 Å². The Balaban J connectivity index is 1.96. The van der Waals surface area contributed by atoms with Crippen LogP contribution in [-0.4, -0.2) is 6.10 Å². The van der Waals surface area contributed by atoms with Gasteiger partial charge in [0, 0.05) is 11.3 Å². The standard InChI is InChI=1S/C16H17NO/c1-11-5-8-16(17)15(9-11)12-3-2-4-14(10-12)18-13-6-7-13/h2-5,8-10,13H,6-7,17H2,1H3. The summed E-state index contributed by atoms with van der Waals surface area (Å²) in [4.78, 5) is 0. The maximum atomic E-state index is 6.04. The van der Waals surface area contributed by atoms with E-state index >= 15 is 0 Å². The van der Waals surface area contributed by atoms with Gasteiger partial charge in [0.05, 0.1) is 6.10 Å². The molecule has 2 aromatic rings. The van der Waals surface area contributed by atoms with Crippen LogP contribution in [0.15, 0.2) is 42.5 Å². The summed E-state index contributed by atoms with van der Waals surface area (Å²) in [7, 11) is 0. The van der Waals surface area contributed by atoms with Gasteiger partial charge in [0.1, 0.15) is 5.75 Å². The smallest absolute Gasteiger partial charge is 0.120 e. The minimum Gasteiger partial charge on any atom is -0.490 e. The van der Waals surface area contributed by atoms with Crippen molar-refractivity contribution in [2.24, 2.45) is 0 Å². The molecule has 1 aliphatic rings. The molecule has 0 bridgehead atoms. The van der Waals surface area contributed by atoms with E-state index < -0.39 is 0 Å². The maximum Gasteiger partial charge on any atom is 0.120 e. The summed E-state index contributed by atoms with van der Waals surface area (Å²) in [5.74, 6) is 0.941. The molecule has 1 saturated carbocycles. The quantitative estimate of drug-likeness (QED) is 0.827. The van der Waals surface area contributed by atoms with Crippen LogP contribution in [0.3, 0.4) is 0 Å². The van der Waals surface area contributed by atoms with Gasteiger partial charge in [-0.1, -0.05) is 23.8 Å². The largest absolute Gasteiger partial charge is 0.490 e. The highest BCUT2D eigenvalue weighted by Gasteiger charge is 2.23. The van der Waals surface area contributed by atoms with Gasteiger partial charge >= 0.3 is 0 Å². The molecule has 0 amide bonds. The van der Waals surface area contributed by atoms with Crippen molar-refractivity contribution in [3.8, 4) is 16.9 Å². The Kier molecular flexibility index (Phi) is 2.71. The normalized spacial score (nSPS) is 14.5. The number of hydrogen-bond acceptors (Lipinski definition) is 2. The Bertz CT molecular complexity index is 573. The minimum atomic E-state index is 0.426. The Morgan fingerprint density at radius 3 is 2.72 bits per heavy atom. The first-order valence-corrected chi connectivity index (χ1v) is 6.35. The van der Waals surface area contributed by atoms with Gasteiger partial charge in [-0.3, -0.25) is 0 Å². The van der Waals surface area contributed by atoms with E-state index in [1.54, 1.807) is 0 Å². The molecule has 0 atom stereocenters. The zero-order valence-electron chi connectivity index (χ0n) is 10.5. The molecule has 0 spiro atoms. The Labute approximate surface area is 107 Å². The Morgan fingerprint density at radius 2 is 1.94 bits per heavy atom. The number of anilines is 1. The Morgan fingerprint density at radius 1 is 1.11 bits per heavy atom. The lowest BCUT2D eigenvalue weighted by atomic mass is 10.0. The number of aryl methyl sites for hydroxylation is 1. The second-order valence-corrected chi connectivity index (χ2v) is 4.94. The molecule has 0 radical (unpaired) electrons. The zero-order chi connectivity index (χ0) is 12.5. The first kappa shape index (κ1) is 11.1. The summed E-state index contributed by atoms with van der Waals surface area (Å²) < 4.78 is 5.82. The van der Waals surface area contributed by atoms with Gasteiger partial charge in [0.25, 0.3) is 0 Å². The highest BCUT2D eigenvalue weighted by Crippen LogP contribution is 2.32. The van der Waals surface area contributed by atoms with E-state index in [1.165, 1.54) is 18.4 Å².